The van der Waals surface area contributed by atoms with Crippen LogP contribution in [0.1, 0.15) is 55.6 Å². The van der Waals surface area contributed by atoms with Crippen molar-refractivity contribution in [2.45, 2.75) is 39.5 Å². The van der Waals surface area contributed by atoms with Gasteiger partial charge in [-0.05, 0) is 41.7 Å². The largest absolute Gasteiger partial charge is 0.493 e. The second-order valence-corrected chi connectivity index (χ2v) is 6.91. The first-order valence-corrected chi connectivity index (χ1v) is 8.57. The SMILES string of the molecule is CCCOc1ccccc1/C=N/NC(=O)c1ccc(C(C)(C)C)cc1. The normalized spacial score (nSPS) is 11.5. The second-order valence-electron chi connectivity index (χ2n) is 6.91. The molecule has 0 atom stereocenters. The maximum absolute atomic E-state index is 12.2. The van der Waals surface area contributed by atoms with Crippen molar-refractivity contribution in [3.63, 3.8) is 0 Å². The van der Waals surface area contributed by atoms with Gasteiger partial charge in [0, 0.05) is 11.1 Å². The van der Waals surface area contributed by atoms with Gasteiger partial charge >= 0.3 is 0 Å². The fraction of sp³-hybridized carbons (Fsp3) is 0.333. The number of hydrogen-bond acceptors (Lipinski definition) is 3. The number of carbonyl (C=O) groups is 1. The first-order chi connectivity index (χ1) is 11.9. The Bertz CT molecular complexity index is 728. The zero-order chi connectivity index (χ0) is 18.3. The van der Waals surface area contributed by atoms with Crippen molar-refractivity contribution in [1.82, 2.24) is 5.43 Å². The first-order valence-electron chi connectivity index (χ1n) is 8.57. The molecule has 132 valence electrons. The van der Waals surface area contributed by atoms with Crippen molar-refractivity contribution in [3.8, 4) is 5.75 Å². The molecule has 0 unspecified atom stereocenters. The molecule has 0 bridgehead atoms. The summed E-state index contributed by atoms with van der Waals surface area (Å²) >= 11 is 0. The molecule has 4 heteroatoms. The highest BCUT2D eigenvalue weighted by Gasteiger charge is 2.14. The van der Waals surface area contributed by atoms with Crippen molar-refractivity contribution < 1.29 is 9.53 Å². The molecule has 4 nitrogen and oxygen atoms in total. The lowest BCUT2D eigenvalue weighted by Gasteiger charge is -2.18. The monoisotopic (exact) mass is 338 g/mol. The van der Waals surface area contributed by atoms with E-state index in [9.17, 15) is 4.79 Å². The van der Waals surface area contributed by atoms with Crippen LogP contribution in [0.2, 0.25) is 0 Å². The van der Waals surface area contributed by atoms with Gasteiger partial charge in [-0.15, -0.1) is 0 Å². The molecule has 0 aliphatic heterocycles. The molecular weight excluding hydrogens is 312 g/mol. The van der Waals surface area contributed by atoms with E-state index in [1.54, 1.807) is 6.21 Å². The molecule has 0 radical (unpaired) electrons. The lowest BCUT2D eigenvalue weighted by molar-refractivity contribution is 0.0955. The van der Waals surface area contributed by atoms with Gasteiger partial charge in [-0.2, -0.15) is 5.10 Å². The van der Waals surface area contributed by atoms with E-state index < -0.39 is 0 Å². The van der Waals surface area contributed by atoms with E-state index in [1.807, 2.05) is 48.5 Å². The van der Waals surface area contributed by atoms with Crippen molar-refractivity contribution in [2.75, 3.05) is 6.61 Å². The molecule has 0 aliphatic rings. The summed E-state index contributed by atoms with van der Waals surface area (Å²) in [6.45, 7) is 9.14. The Balaban J connectivity index is 2.01. The van der Waals surface area contributed by atoms with Gasteiger partial charge in [0.15, 0.2) is 0 Å². The third-order valence-corrected chi connectivity index (χ3v) is 3.76. The van der Waals surface area contributed by atoms with Crippen molar-refractivity contribution in [1.29, 1.82) is 0 Å². The summed E-state index contributed by atoms with van der Waals surface area (Å²) in [7, 11) is 0. The Morgan fingerprint density at radius 3 is 2.44 bits per heavy atom. The van der Waals surface area contributed by atoms with Crippen LogP contribution in [0.3, 0.4) is 0 Å². The van der Waals surface area contributed by atoms with E-state index in [1.165, 1.54) is 5.56 Å². The maximum Gasteiger partial charge on any atom is 0.271 e. The van der Waals surface area contributed by atoms with Crippen molar-refractivity contribution in [2.24, 2.45) is 5.10 Å². The molecule has 0 aromatic heterocycles. The predicted octanol–water partition coefficient (Wildman–Crippen LogP) is 4.54. The Morgan fingerprint density at radius 1 is 1.12 bits per heavy atom. The predicted molar refractivity (Wildman–Crippen MR) is 102 cm³/mol. The Kier molecular flexibility index (Phi) is 6.34. The standard InChI is InChI=1S/C21H26N2O2/c1-5-14-25-19-9-7-6-8-17(19)15-22-23-20(24)16-10-12-18(13-11-16)21(2,3)4/h6-13,15H,5,14H2,1-4H3,(H,23,24)/b22-15+. The number of amides is 1. The van der Waals surface area contributed by atoms with Crippen LogP contribution in [-0.2, 0) is 5.41 Å². The van der Waals surface area contributed by atoms with Crippen LogP contribution in [0.25, 0.3) is 0 Å². The molecular formula is C21H26N2O2. The van der Waals surface area contributed by atoms with Crippen LogP contribution >= 0.6 is 0 Å². The number of ether oxygens (including phenoxy) is 1. The van der Waals surface area contributed by atoms with Crippen LogP contribution in [0, 0.1) is 0 Å². The summed E-state index contributed by atoms with van der Waals surface area (Å²) in [5.74, 6) is 0.528. The number of benzene rings is 2. The van der Waals surface area contributed by atoms with E-state index in [2.05, 4.69) is 38.2 Å². The Morgan fingerprint density at radius 2 is 1.80 bits per heavy atom. The van der Waals surface area contributed by atoms with Crippen LogP contribution in [0.5, 0.6) is 5.75 Å². The summed E-state index contributed by atoms with van der Waals surface area (Å²) in [4.78, 5) is 12.2. The van der Waals surface area contributed by atoms with E-state index >= 15 is 0 Å². The van der Waals surface area contributed by atoms with E-state index in [-0.39, 0.29) is 11.3 Å². The number of para-hydroxylation sites is 1. The third kappa shape index (κ3) is 5.45. The summed E-state index contributed by atoms with van der Waals surface area (Å²) in [6, 6.07) is 15.2. The van der Waals surface area contributed by atoms with E-state index in [0.29, 0.717) is 12.2 Å². The molecule has 1 amide bonds. The highest BCUT2D eigenvalue weighted by molar-refractivity contribution is 5.95. The highest BCUT2D eigenvalue weighted by atomic mass is 16.5. The fourth-order valence-electron chi connectivity index (χ4n) is 2.28. The number of carbonyl (C=O) groups excluding carboxylic acids is 1. The first kappa shape index (κ1) is 18.7. The van der Waals surface area contributed by atoms with Gasteiger partial charge in [0.1, 0.15) is 5.75 Å². The summed E-state index contributed by atoms with van der Waals surface area (Å²) in [6.07, 6.45) is 2.54. The molecule has 2 rings (SSSR count). The average molecular weight is 338 g/mol. The molecule has 2 aromatic rings. The number of nitrogens with one attached hydrogen (secondary N) is 1. The van der Waals surface area contributed by atoms with Gasteiger partial charge in [-0.25, -0.2) is 5.43 Å². The molecule has 25 heavy (non-hydrogen) atoms. The number of nitrogens with zero attached hydrogens (tertiary/aromatic N) is 1. The topological polar surface area (TPSA) is 50.7 Å². The van der Waals surface area contributed by atoms with Crippen LogP contribution < -0.4 is 10.2 Å². The van der Waals surface area contributed by atoms with Crippen LogP contribution in [0.15, 0.2) is 53.6 Å². The second kappa shape index (κ2) is 8.47. The van der Waals surface area contributed by atoms with E-state index in [4.69, 9.17) is 4.74 Å². The van der Waals surface area contributed by atoms with Gasteiger partial charge in [0.05, 0.1) is 12.8 Å². The van der Waals surface area contributed by atoms with Gasteiger partial charge < -0.3 is 4.74 Å². The minimum Gasteiger partial charge on any atom is -0.493 e. The zero-order valence-electron chi connectivity index (χ0n) is 15.4. The van der Waals surface area contributed by atoms with Crippen molar-refractivity contribution >= 4 is 12.1 Å². The lowest BCUT2D eigenvalue weighted by Crippen LogP contribution is -2.18. The number of hydrazone groups is 1. The van der Waals surface area contributed by atoms with Crippen LogP contribution in [-0.4, -0.2) is 18.7 Å². The van der Waals surface area contributed by atoms with Gasteiger partial charge in [0.25, 0.3) is 5.91 Å². The molecule has 0 fully saturated rings. The van der Waals surface area contributed by atoms with Gasteiger partial charge in [-0.3, -0.25) is 4.79 Å². The molecule has 0 saturated heterocycles. The average Bonchev–Trinajstić information content (AvgIpc) is 2.60. The molecule has 1 N–H and O–H groups in total. The summed E-state index contributed by atoms with van der Waals surface area (Å²) in [5, 5.41) is 4.05. The molecule has 2 aromatic carbocycles. The maximum atomic E-state index is 12.2. The number of rotatable bonds is 6. The minimum atomic E-state index is -0.233. The Labute approximate surface area is 149 Å². The van der Waals surface area contributed by atoms with Crippen molar-refractivity contribution in [3.05, 3.63) is 65.2 Å². The molecule has 0 saturated carbocycles. The van der Waals surface area contributed by atoms with Crippen LogP contribution in [0.4, 0.5) is 0 Å². The highest BCUT2D eigenvalue weighted by Crippen LogP contribution is 2.22. The Hall–Kier alpha value is -2.62. The summed E-state index contributed by atoms with van der Waals surface area (Å²) in [5.41, 5.74) is 5.23. The zero-order valence-corrected chi connectivity index (χ0v) is 15.4. The lowest BCUT2D eigenvalue weighted by atomic mass is 9.87. The van der Waals surface area contributed by atoms with Gasteiger partial charge in [-0.1, -0.05) is 52.0 Å². The summed E-state index contributed by atoms with van der Waals surface area (Å²) < 4.78 is 5.67. The molecule has 0 heterocycles. The quantitative estimate of drug-likeness (QED) is 0.621. The third-order valence-electron chi connectivity index (χ3n) is 3.76. The van der Waals surface area contributed by atoms with E-state index in [0.717, 1.165) is 17.7 Å². The molecule has 0 spiro atoms. The minimum absolute atomic E-state index is 0.0648. The number of hydrogen-bond donors (Lipinski definition) is 1. The molecule has 0 aliphatic carbocycles. The van der Waals surface area contributed by atoms with Gasteiger partial charge in [0.2, 0.25) is 0 Å². The smallest absolute Gasteiger partial charge is 0.271 e. The fourth-order valence-corrected chi connectivity index (χ4v) is 2.28.